The first kappa shape index (κ1) is 12.0. The largest absolute Gasteiger partial charge is 0.394 e. The monoisotopic (exact) mass is 240 g/mol. The van der Waals surface area contributed by atoms with Crippen LogP contribution in [0.25, 0.3) is 0 Å². The molecule has 0 unspecified atom stereocenters. The molecule has 1 aliphatic carbocycles. The van der Waals surface area contributed by atoms with E-state index in [2.05, 4.69) is 10.3 Å². The molecule has 1 heterocycles. The quantitative estimate of drug-likeness (QED) is 0.830. The molecule has 0 aliphatic heterocycles. The van der Waals surface area contributed by atoms with E-state index in [1.807, 2.05) is 31.4 Å². The molecule has 0 bridgehead atoms. The molecule has 0 atom stereocenters. The lowest BCUT2D eigenvalue weighted by molar-refractivity contribution is 0.187. The van der Waals surface area contributed by atoms with Gasteiger partial charge in [-0.25, -0.2) is 4.98 Å². The summed E-state index contributed by atoms with van der Waals surface area (Å²) in [5.41, 5.74) is -0.208. The first-order valence-corrected chi connectivity index (χ1v) is 6.73. The molecule has 0 radical (unpaired) electrons. The lowest BCUT2D eigenvalue weighted by Crippen LogP contribution is -2.41. The molecular formula is C12H20N2OS. The Morgan fingerprint density at radius 1 is 1.56 bits per heavy atom. The predicted octanol–water partition coefficient (Wildman–Crippen LogP) is 2.27. The molecule has 1 fully saturated rings. The molecule has 1 aromatic rings. The van der Waals surface area contributed by atoms with E-state index in [-0.39, 0.29) is 12.1 Å². The summed E-state index contributed by atoms with van der Waals surface area (Å²) in [4.78, 5) is 5.75. The molecule has 1 saturated carbocycles. The Bertz CT molecular complexity index is 345. The number of aliphatic hydroxyl groups is 1. The maximum Gasteiger partial charge on any atom is 0.0959 e. The zero-order valence-corrected chi connectivity index (χ0v) is 10.8. The Hall–Kier alpha value is -0.450. The predicted molar refractivity (Wildman–Crippen MR) is 66.7 cm³/mol. The van der Waals surface area contributed by atoms with Crippen LogP contribution in [0, 0.1) is 0 Å². The minimum atomic E-state index is -0.208. The van der Waals surface area contributed by atoms with Crippen LogP contribution in [-0.2, 0) is 6.54 Å². The number of nitrogens with one attached hydrogen (secondary N) is 1. The Morgan fingerprint density at radius 3 is 2.88 bits per heavy atom. The highest BCUT2D eigenvalue weighted by molar-refractivity contribution is 7.11. The van der Waals surface area contributed by atoms with Crippen LogP contribution in [0.1, 0.15) is 48.9 Å². The lowest BCUT2D eigenvalue weighted by atomic mass is 9.86. The molecule has 2 rings (SSSR count). The van der Waals surface area contributed by atoms with Crippen LogP contribution < -0.4 is 5.32 Å². The van der Waals surface area contributed by atoms with Crippen molar-refractivity contribution < 1.29 is 5.11 Å². The Kier molecular flexibility index (Phi) is 3.62. The average molecular weight is 240 g/mol. The minimum Gasteiger partial charge on any atom is -0.394 e. The zero-order chi connectivity index (χ0) is 11.6. The van der Waals surface area contributed by atoms with Gasteiger partial charge in [-0.05, 0) is 26.7 Å². The van der Waals surface area contributed by atoms with E-state index in [0.717, 1.165) is 12.5 Å². The van der Waals surface area contributed by atoms with Crippen molar-refractivity contribution in [2.24, 2.45) is 0 Å². The minimum absolute atomic E-state index is 0.154. The van der Waals surface area contributed by atoms with E-state index in [4.69, 9.17) is 5.11 Å². The summed E-state index contributed by atoms with van der Waals surface area (Å²) >= 11 is 1.81. The Morgan fingerprint density at radius 2 is 2.31 bits per heavy atom. The van der Waals surface area contributed by atoms with Crippen LogP contribution in [0.2, 0.25) is 0 Å². The van der Waals surface area contributed by atoms with Gasteiger partial charge in [0, 0.05) is 29.1 Å². The Balaban J connectivity index is 1.87. The van der Waals surface area contributed by atoms with Gasteiger partial charge in [0.2, 0.25) is 0 Å². The number of hydrogen-bond acceptors (Lipinski definition) is 4. The highest BCUT2D eigenvalue weighted by Gasteiger charge is 2.23. The third-order valence-corrected chi connectivity index (χ3v) is 4.32. The fourth-order valence-electron chi connectivity index (χ4n) is 1.63. The Labute approximate surface area is 101 Å². The summed E-state index contributed by atoms with van der Waals surface area (Å²) in [6, 6.07) is 0. The molecule has 3 nitrogen and oxygen atoms in total. The molecule has 90 valence electrons. The first-order valence-electron chi connectivity index (χ1n) is 5.91. The van der Waals surface area contributed by atoms with Crippen LogP contribution >= 0.6 is 11.3 Å². The van der Waals surface area contributed by atoms with Crippen LogP contribution in [0.3, 0.4) is 0 Å². The third kappa shape index (κ3) is 2.81. The van der Waals surface area contributed by atoms with Gasteiger partial charge in [-0.3, -0.25) is 0 Å². The maximum absolute atomic E-state index is 9.14. The van der Waals surface area contributed by atoms with Gasteiger partial charge in [-0.15, -0.1) is 11.3 Å². The number of thiazole rings is 1. The van der Waals surface area contributed by atoms with Crippen LogP contribution in [0.15, 0.2) is 6.20 Å². The second-order valence-electron chi connectivity index (χ2n) is 5.19. The van der Waals surface area contributed by atoms with Crippen molar-refractivity contribution in [3.05, 3.63) is 16.1 Å². The molecule has 16 heavy (non-hydrogen) atoms. The fraction of sp³-hybridized carbons (Fsp3) is 0.750. The van der Waals surface area contributed by atoms with E-state index >= 15 is 0 Å². The second-order valence-corrected chi connectivity index (χ2v) is 6.33. The standard InChI is InChI=1S/C12H20N2OS/c1-12(2,8-15)14-7-10-6-13-11(16-10)9-4-3-5-9/h6,9,14-15H,3-5,7-8H2,1-2H3. The number of aromatic nitrogens is 1. The fourth-order valence-corrected chi connectivity index (χ4v) is 2.66. The van der Waals surface area contributed by atoms with E-state index < -0.39 is 0 Å². The third-order valence-electron chi connectivity index (χ3n) is 3.16. The zero-order valence-electron chi connectivity index (χ0n) is 9.99. The van der Waals surface area contributed by atoms with Gasteiger partial charge in [0.1, 0.15) is 0 Å². The number of rotatable bonds is 5. The van der Waals surface area contributed by atoms with E-state index in [9.17, 15) is 0 Å². The summed E-state index contributed by atoms with van der Waals surface area (Å²) in [5, 5.41) is 13.8. The molecule has 0 saturated heterocycles. The molecule has 4 heteroatoms. The van der Waals surface area contributed by atoms with Gasteiger partial charge in [-0.1, -0.05) is 6.42 Å². The summed E-state index contributed by atoms with van der Waals surface area (Å²) in [7, 11) is 0. The van der Waals surface area contributed by atoms with Gasteiger partial charge in [0.25, 0.3) is 0 Å². The summed E-state index contributed by atoms with van der Waals surface area (Å²) in [5.74, 6) is 0.726. The van der Waals surface area contributed by atoms with Crippen LogP contribution in [0.5, 0.6) is 0 Å². The normalized spacial score (nSPS) is 17.4. The highest BCUT2D eigenvalue weighted by Crippen LogP contribution is 2.38. The molecule has 0 amide bonds. The van der Waals surface area contributed by atoms with Gasteiger partial charge < -0.3 is 10.4 Å². The molecule has 0 spiro atoms. The van der Waals surface area contributed by atoms with Crippen LogP contribution in [0.4, 0.5) is 0 Å². The van der Waals surface area contributed by atoms with Crippen molar-refractivity contribution in [2.75, 3.05) is 6.61 Å². The SMILES string of the molecule is CC(C)(CO)NCc1cnc(C2CCC2)s1. The van der Waals surface area contributed by atoms with Gasteiger partial charge in [-0.2, -0.15) is 0 Å². The van der Waals surface area contributed by atoms with Crippen molar-refractivity contribution in [3.63, 3.8) is 0 Å². The van der Waals surface area contributed by atoms with E-state index in [0.29, 0.717) is 0 Å². The average Bonchev–Trinajstić information content (AvgIpc) is 2.61. The van der Waals surface area contributed by atoms with Crippen molar-refractivity contribution in [3.8, 4) is 0 Å². The van der Waals surface area contributed by atoms with Gasteiger partial charge in [0.15, 0.2) is 0 Å². The molecule has 0 aromatic carbocycles. The lowest BCUT2D eigenvalue weighted by Gasteiger charge is -2.23. The van der Waals surface area contributed by atoms with E-state index in [1.54, 1.807) is 0 Å². The van der Waals surface area contributed by atoms with Crippen molar-refractivity contribution in [1.29, 1.82) is 0 Å². The van der Waals surface area contributed by atoms with Gasteiger partial charge >= 0.3 is 0 Å². The van der Waals surface area contributed by atoms with E-state index in [1.165, 1.54) is 29.1 Å². The molecular weight excluding hydrogens is 220 g/mol. The highest BCUT2D eigenvalue weighted by atomic mass is 32.1. The summed E-state index contributed by atoms with van der Waals surface area (Å²) < 4.78 is 0. The first-order chi connectivity index (χ1) is 7.61. The number of aliphatic hydroxyl groups excluding tert-OH is 1. The molecule has 1 aliphatic rings. The smallest absolute Gasteiger partial charge is 0.0959 e. The topological polar surface area (TPSA) is 45.1 Å². The molecule has 2 N–H and O–H groups in total. The summed E-state index contributed by atoms with van der Waals surface area (Å²) in [6.45, 7) is 4.96. The van der Waals surface area contributed by atoms with Crippen LogP contribution in [-0.4, -0.2) is 22.2 Å². The number of nitrogens with zero attached hydrogens (tertiary/aromatic N) is 1. The summed E-state index contributed by atoms with van der Waals surface area (Å²) in [6.07, 6.45) is 5.94. The van der Waals surface area contributed by atoms with Crippen molar-refractivity contribution >= 4 is 11.3 Å². The van der Waals surface area contributed by atoms with Gasteiger partial charge in [0.05, 0.1) is 11.6 Å². The molecule has 1 aromatic heterocycles. The maximum atomic E-state index is 9.14. The van der Waals surface area contributed by atoms with Crippen molar-refractivity contribution in [2.45, 2.75) is 51.1 Å². The van der Waals surface area contributed by atoms with Crippen molar-refractivity contribution in [1.82, 2.24) is 10.3 Å². The second kappa shape index (κ2) is 4.82. The number of hydrogen-bond donors (Lipinski definition) is 2.